The van der Waals surface area contributed by atoms with Crippen molar-refractivity contribution in [2.45, 2.75) is 57.5 Å². The molecule has 3 rings (SSSR count). The number of nitrogens with one attached hydrogen (secondary N) is 1. The number of aliphatic hydroxyl groups excluding tert-OH is 2. The van der Waals surface area contributed by atoms with Gasteiger partial charge in [-0.2, -0.15) is 5.09 Å². The van der Waals surface area contributed by atoms with E-state index in [1.165, 1.54) is 19.1 Å². The molecule has 1 aliphatic heterocycles. The molecule has 1 aromatic carbocycles. The van der Waals surface area contributed by atoms with Gasteiger partial charge in [0.1, 0.15) is 36.4 Å². The molecule has 2 heterocycles. The number of rotatable bonds is 11. The Bertz CT molecular complexity index is 1110. The number of primary amides is 1. The molecule has 6 N–H and O–H groups in total. The van der Waals surface area contributed by atoms with Crippen LogP contribution in [-0.4, -0.2) is 73.8 Å². The van der Waals surface area contributed by atoms with Crippen LogP contribution in [0.5, 0.6) is 11.6 Å². The second kappa shape index (κ2) is 11.4. The number of benzene rings is 1. The van der Waals surface area contributed by atoms with Gasteiger partial charge in [-0.3, -0.25) is 18.7 Å². The first-order chi connectivity index (χ1) is 16.9. The van der Waals surface area contributed by atoms with Crippen LogP contribution in [-0.2, 0) is 23.4 Å². The summed E-state index contributed by atoms with van der Waals surface area (Å²) in [4.78, 5) is 27.2. The fourth-order valence-corrected chi connectivity index (χ4v) is 4.82. The van der Waals surface area contributed by atoms with Crippen molar-refractivity contribution in [3.8, 4) is 11.6 Å². The summed E-state index contributed by atoms with van der Waals surface area (Å²) in [7, 11) is -4.26. The van der Waals surface area contributed by atoms with E-state index in [4.69, 9.17) is 24.3 Å². The van der Waals surface area contributed by atoms with Crippen LogP contribution in [0.2, 0.25) is 0 Å². The maximum Gasteiger partial charge on any atom is 0.459 e. The number of nitrogens with zero attached hydrogens (tertiary/aromatic N) is 2. The topological polar surface area (TPSA) is 205 Å². The van der Waals surface area contributed by atoms with E-state index in [9.17, 15) is 29.5 Å². The zero-order chi connectivity index (χ0) is 26.6. The number of carbonyl (C=O) groups is 2. The van der Waals surface area contributed by atoms with E-state index in [-0.39, 0.29) is 5.75 Å². The summed E-state index contributed by atoms with van der Waals surface area (Å²) >= 11 is 0. The van der Waals surface area contributed by atoms with Crippen molar-refractivity contribution in [3.63, 3.8) is 0 Å². The number of imidazole rings is 1. The lowest BCUT2D eigenvalue weighted by atomic mass is 10.1. The lowest BCUT2D eigenvalue weighted by Gasteiger charge is -2.25. The average molecular weight is 528 g/mol. The molecule has 0 radical (unpaired) electrons. The van der Waals surface area contributed by atoms with Crippen molar-refractivity contribution >= 4 is 19.6 Å². The highest BCUT2D eigenvalue weighted by atomic mass is 31.2. The quantitative estimate of drug-likeness (QED) is 0.199. The molecule has 1 aromatic heterocycles. The van der Waals surface area contributed by atoms with E-state index >= 15 is 0 Å². The van der Waals surface area contributed by atoms with Gasteiger partial charge in [0.05, 0.1) is 12.7 Å². The maximum atomic E-state index is 13.5. The number of esters is 1. The first kappa shape index (κ1) is 27.6. The van der Waals surface area contributed by atoms with Crippen molar-refractivity contribution in [2.24, 2.45) is 5.73 Å². The molecule has 1 fully saturated rings. The monoisotopic (exact) mass is 528 g/mol. The van der Waals surface area contributed by atoms with Crippen molar-refractivity contribution in [1.29, 1.82) is 0 Å². The molecule has 6 atom stereocenters. The molecular formula is C21H29N4O10P. The van der Waals surface area contributed by atoms with Gasteiger partial charge in [0.25, 0.3) is 5.91 Å². The van der Waals surface area contributed by atoms with E-state index in [1.807, 2.05) is 0 Å². The number of aromatic nitrogens is 2. The third kappa shape index (κ3) is 6.40. The van der Waals surface area contributed by atoms with E-state index in [0.29, 0.717) is 0 Å². The number of nitrogens with two attached hydrogens (primary N) is 1. The summed E-state index contributed by atoms with van der Waals surface area (Å²) in [5, 5.41) is 33.6. The van der Waals surface area contributed by atoms with E-state index < -0.39 is 74.5 Å². The highest BCUT2D eigenvalue weighted by Gasteiger charge is 2.46. The van der Waals surface area contributed by atoms with E-state index in [0.717, 1.165) is 10.9 Å². The Labute approximate surface area is 206 Å². The Morgan fingerprint density at radius 1 is 1.22 bits per heavy atom. The SMILES string of the molecule is CC(C)OC(=O)[C@H](C)NP(=O)(OC[C@H]1O[C@@H](n2cnc(C(N)=O)c2O)[C@H](O)[C@@H]1O)Oc1ccccc1. The Kier molecular flexibility index (Phi) is 8.71. The first-order valence-corrected chi connectivity index (χ1v) is 12.5. The highest BCUT2D eigenvalue weighted by molar-refractivity contribution is 7.52. The van der Waals surface area contributed by atoms with Crippen LogP contribution in [0, 0.1) is 0 Å². The smallest absolute Gasteiger partial charge is 0.459 e. The molecule has 0 saturated carbocycles. The van der Waals surface area contributed by atoms with Gasteiger partial charge in [-0.25, -0.2) is 9.55 Å². The predicted octanol–water partition coefficient (Wildman–Crippen LogP) is 0.440. The van der Waals surface area contributed by atoms with E-state index in [2.05, 4.69) is 10.1 Å². The third-order valence-electron chi connectivity index (χ3n) is 5.05. The number of hydrogen-bond acceptors (Lipinski definition) is 11. The Balaban J connectivity index is 1.75. The summed E-state index contributed by atoms with van der Waals surface area (Å²) in [5.41, 5.74) is 4.68. The highest BCUT2D eigenvalue weighted by Crippen LogP contribution is 2.46. The summed E-state index contributed by atoms with van der Waals surface area (Å²) in [6.45, 7) is 4.17. The molecule has 2 aromatic rings. The Hall–Kier alpha value is -3.00. The fraction of sp³-hybridized carbons (Fsp3) is 0.476. The van der Waals surface area contributed by atoms with Gasteiger partial charge >= 0.3 is 13.7 Å². The zero-order valence-electron chi connectivity index (χ0n) is 19.8. The number of ether oxygens (including phenoxy) is 2. The molecule has 0 bridgehead atoms. The summed E-state index contributed by atoms with van der Waals surface area (Å²) in [5.74, 6) is -2.20. The molecule has 198 valence electrons. The van der Waals surface area contributed by atoms with Crippen molar-refractivity contribution < 1.29 is 48.0 Å². The van der Waals surface area contributed by atoms with Gasteiger partial charge in [0.15, 0.2) is 11.9 Å². The zero-order valence-corrected chi connectivity index (χ0v) is 20.6. The largest absolute Gasteiger partial charge is 0.493 e. The maximum absolute atomic E-state index is 13.5. The molecule has 0 spiro atoms. The summed E-state index contributed by atoms with van der Waals surface area (Å²) < 4.78 is 36.2. The molecule has 14 nitrogen and oxygen atoms in total. The number of aliphatic hydroxyl groups is 2. The standard InChI is InChI=1S/C21H29N4O10P/c1-11(2)33-21(30)12(3)24-36(31,35-13-7-5-4-6-8-13)32-9-14-16(26)17(27)20(34-14)25-10-23-15(18(22)28)19(25)29/h4-8,10-12,14,16-17,20,26-27,29H,9H2,1-3H3,(H2,22,28)(H,24,31)/t12-,14+,16+,17+,20+,36?/m0/s1. The molecular weight excluding hydrogens is 499 g/mol. The van der Waals surface area contributed by atoms with Gasteiger partial charge in [-0.05, 0) is 32.9 Å². The predicted molar refractivity (Wildman–Crippen MR) is 123 cm³/mol. The molecule has 1 amide bonds. The Morgan fingerprint density at radius 3 is 2.47 bits per heavy atom. The molecule has 36 heavy (non-hydrogen) atoms. The second-order valence-corrected chi connectivity index (χ2v) is 9.96. The minimum absolute atomic E-state index is 0.172. The average Bonchev–Trinajstić information content (AvgIpc) is 3.32. The van der Waals surface area contributed by atoms with Crippen molar-refractivity contribution in [3.05, 3.63) is 42.4 Å². The normalized spacial score (nSPS) is 24.3. The van der Waals surface area contributed by atoms with E-state index in [1.54, 1.807) is 32.0 Å². The number of aromatic hydroxyl groups is 1. The third-order valence-corrected chi connectivity index (χ3v) is 6.69. The first-order valence-electron chi connectivity index (χ1n) is 11.0. The van der Waals surface area contributed by atoms with Gasteiger partial charge in [-0.1, -0.05) is 18.2 Å². The van der Waals surface area contributed by atoms with Crippen LogP contribution in [0.1, 0.15) is 37.5 Å². The molecule has 1 unspecified atom stereocenters. The van der Waals surface area contributed by atoms with Crippen LogP contribution in [0.25, 0.3) is 0 Å². The molecule has 1 aliphatic rings. The van der Waals surface area contributed by atoms with Crippen LogP contribution in [0.15, 0.2) is 36.7 Å². The summed E-state index contributed by atoms with van der Waals surface area (Å²) in [6, 6.07) is 6.94. The lowest BCUT2D eigenvalue weighted by Crippen LogP contribution is -2.38. The van der Waals surface area contributed by atoms with Crippen LogP contribution in [0.3, 0.4) is 0 Å². The molecule has 0 aliphatic carbocycles. The van der Waals surface area contributed by atoms with Gasteiger partial charge in [0, 0.05) is 0 Å². The van der Waals surface area contributed by atoms with Crippen LogP contribution >= 0.6 is 7.75 Å². The second-order valence-electron chi connectivity index (χ2n) is 8.27. The number of hydrogen-bond donors (Lipinski definition) is 5. The molecule has 1 saturated heterocycles. The van der Waals surface area contributed by atoms with Gasteiger partial charge in [-0.15, -0.1) is 0 Å². The Morgan fingerprint density at radius 2 is 1.89 bits per heavy atom. The number of para-hydroxylation sites is 1. The lowest BCUT2D eigenvalue weighted by molar-refractivity contribution is -0.149. The van der Waals surface area contributed by atoms with Gasteiger partial charge in [0.2, 0.25) is 5.88 Å². The number of carbonyl (C=O) groups excluding carboxylic acids is 2. The minimum atomic E-state index is -4.26. The van der Waals surface area contributed by atoms with Crippen molar-refractivity contribution in [1.82, 2.24) is 14.6 Å². The van der Waals surface area contributed by atoms with Gasteiger partial charge < -0.3 is 35.1 Å². The fourth-order valence-electron chi connectivity index (χ4n) is 3.32. The number of amides is 1. The van der Waals surface area contributed by atoms with Crippen LogP contribution < -0.4 is 15.3 Å². The van der Waals surface area contributed by atoms with Crippen LogP contribution in [0.4, 0.5) is 0 Å². The minimum Gasteiger partial charge on any atom is -0.493 e. The van der Waals surface area contributed by atoms with Crippen molar-refractivity contribution in [2.75, 3.05) is 6.61 Å². The summed E-state index contributed by atoms with van der Waals surface area (Å²) in [6.07, 6.45) is -5.16. The molecule has 15 heteroatoms.